The summed E-state index contributed by atoms with van der Waals surface area (Å²) in [5, 5.41) is 4.15. The van der Waals surface area contributed by atoms with E-state index in [4.69, 9.17) is 5.73 Å². The monoisotopic (exact) mass is 219 g/mol. The van der Waals surface area contributed by atoms with E-state index in [9.17, 15) is 0 Å². The molecule has 2 N–H and O–H groups in total. The van der Waals surface area contributed by atoms with Gasteiger partial charge in [0.15, 0.2) is 0 Å². The van der Waals surface area contributed by atoms with Gasteiger partial charge in [0.1, 0.15) is 0 Å². The van der Waals surface area contributed by atoms with Crippen LogP contribution in [-0.2, 0) is 5.88 Å². The van der Waals surface area contributed by atoms with Gasteiger partial charge in [-0.25, -0.2) is 0 Å². The van der Waals surface area contributed by atoms with Gasteiger partial charge in [-0.2, -0.15) is 5.10 Å². The number of hydrogen-bond acceptors (Lipinski definition) is 3. The molecule has 0 spiro atoms. The second-order valence-electron chi connectivity index (χ2n) is 3.29. The van der Waals surface area contributed by atoms with E-state index < -0.39 is 0 Å². The normalized spacial score (nSPS) is 10.5. The molecule has 4 heteroatoms. The van der Waals surface area contributed by atoms with Crippen LogP contribution < -0.4 is 5.73 Å². The van der Waals surface area contributed by atoms with E-state index in [2.05, 4.69) is 11.2 Å². The van der Waals surface area contributed by atoms with E-state index in [-0.39, 0.29) is 0 Å². The van der Waals surface area contributed by atoms with Crippen molar-refractivity contribution in [3.05, 3.63) is 42.2 Å². The molecule has 0 fully saturated rings. The maximum atomic E-state index is 5.83. The predicted molar refractivity (Wildman–Crippen MR) is 63.7 cm³/mol. The summed E-state index contributed by atoms with van der Waals surface area (Å²) >= 11 is 1.74. The minimum absolute atomic E-state index is 0.817. The van der Waals surface area contributed by atoms with Gasteiger partial charge in [-0.15, -0.1) is 11.8 Å². The van der Waals surface area contributed by atoms with Crippen molar-refractivity contribution >= 4 is 17.4 Å². The highest BCUT2D eigenvalue weighted by atomic mass is 32.2. The van der Waals surface area contributed by atoms with Gasteiger partial charge in [-0.1, -0.05) is 6.07 Å². The summed E-state index contributed by atoms with van der Waals surface area (Å²) in [6.45, 7) is 2.04. The molecule has 15 heavy (non-hydrogen) atoms. The number of anilines is 1. The zero-order valence-electron chi connectivity index (χ0n) is 8.55. The van der Waals surface area contributed by atoms with Crippen LogP contribution in [0.4, 0.5) is 5.69 Å². The van der Waals surface area contributed by atoms with Crippen LogP contribution in [0.5, 0.6) is 0 Å². The highest BCUT2D eigenvalue weighted by Gasteiger charge is 2.01. The van der Waals surface area contributed by atoms with Gasteiger partial charge in [0.2, 0.25) is 0 Å². The number of aromatic nitrogens is 2. The number of nitrogens with zero attached hydrogens (tertiary/aromatic N) is 2. The second-order valence-corrected chi connectivity index (χ2v) is 4.28. The number of nitrogens with two attached hydrogens (primary N) is 1. The van der Waals surface area contributed by atoms with Crippen LogP contribution in [-0.4, -0.2) is 9.78 Å². The van der Waals surface area contributed by atoms with E-state index in [0.29, 0.717) is 0 Å². The largest absolute Gasteiger partial charge is 0.398 e. The molecule has 0 aliphatic heterocycles. The van der Waals surface area contributed by atoms with Crippen LogP contribution in [0.1, 0.15) is 5.56 Å². The maximum absolute atomic E-state index is 5.83. The second kappa shape index (κ2) is 4.40. The van der Waals surface area contributed by atoms with Gasteiger partial charge >= 0.3 is 0 Å². The zero-order valence-corrected chi connectivity index (χ0v) is 9.37. The van der Waals surface area contributed by atoms with Gasteiger partial charge in [0.05, 0.1) is 5.88 Å². The van der Waals surface area contributed by atoms with Gasteiger partial charge in [0.25, 0.3) is 0 Å². The van der Waals surface area contributed by atoms with Gasteiger partial charge in [-0.05, 0) is 30.7 Å². The Balaban J connectivity index is 2.08. The Morgan fingerprint density at radius 3 is 3.00 bits per heavy atom. The predicted octanol–water partition coefficient (Wildman–Crippen LogP) is 2.52. The Bertz CT molecular complexity index is 437. The van der Waals surface area contributed by atoms with Gasteiger partial charge in [-0.3, -0.25) is 4.68 Å². The molecule has 0 saturated carbocycles. The van der Waals surface area contributed by atoms with Crippen molar-refractivity contribution in [2.45, 2.75) is 17.7 Å². The lowest BCUT2D eigenvalue weighted by Crippen LogP contribution is -1.96. The first kappa shape index (κ1) is 10.1. The van der Waals surface area contributed by atoms with Gasteiger partial charge < -0.3 is 5.73 Å². The Morgan fingerprint density at radius 1 is 1.40 bits per heavy atom. The molecule has 1 heterocycles. The molecule has 0 radical (unpaired) electrons. The first-order chi connectivity index (χ1) is 7.27. The van der Waals surface area contributed by atoms with Crippen molar-refractivity contribution in [3.8, 4) is 0 Å². The fourth-order valence-corrected chi connectivity index (χ4v) is 2.23. The van der Waals surface area contributed by atoms with Crippen LogP contribution in [0.2, 0.25) is 0 Å². The molecule has 0 saturated heterocycles. The average Bonchev–Trinajstić information content (AvgIpc) is 2.73. The summed E-state index contributed by atoms with van der Waals surface area (Å²) in [7, 11) is 0. The molecule has 1 aromatic carbocycles. The van der Waals surface area contributed by atoms with Crippen LogP contribution in [0, 0.1) is 6.92 Å². The molecule has 2 rings (SSSR count). The standard InChI is InChI=1S/C11H13N3S/c1-9-10(12)4-2-5-11(9)15-8-14-7-3-6-13-14/h2-7H,8,12H2,1H3. The SMILES string of the molecule is Cc1c(N)cccc1SCn1cccn1. The third-order valence-electron chi connectivity index (χ3n) is 2.24. The molecule has 3 nitrogen and oxygen atoms in total. The highest BCUT2D eigenvalue weighted by molar-refractivity contribution is 7.98. The molecular weight excluding hydrogens is 206 g/mol. The van der Waals surface area contributed by atoms with Crippen LogP contribution in [0.15, 0.2) is 41.6 Å². The molecule has 0 aliphatic carbocycles. The first-order valence-corrected chi connectivity index (χ1v) is 5.71. The van der Waals surface area contributed by atoms with E-state index in [1.54, 1.807) is 18.0 Å². The van der Waals surface area contributed by atoms with Crippen LogP contribution in [0.25, 0.3) is 0 Å². The maximum Gasteiger partial charge on any atom is 0.0909 e. The minimum atomic E-state index is 0.817. The quantitative estimate of drug-likeness (QED) is 0.637. The molecule has 2 aromatic rings. The summed E-state index contributed by atoms with van der Waals surface area (Å²) in [6, 6.07) is 7.91. The third-order valence-corrected chi connectivity index (χ3v) is 3.38. The summed E-state index contributed by atoms with van der Waals surface area (Å²) in [4.78, 5) is 1.21. The molecular formula is C11H13N3S. The molecule has 78 valence electrons. The van der Waals surface area contributed by atoms with Crippen molar-refractivity contribution in [2.75, 3.05) is 5.73 Å². The summed E-state index contributed by atoms with van der Waals surface area (Å²) < 4.78 is 1.90. The Kier molecular flexibility index (Phi) is 2.97. The zero-order chi connectivity index (χ0) is 10.7. The highest BCUT2D eigenvalue weighted by Crippen LogP contribution is 2.26. The van der Waals surface area contributed by atoms with Crippen molar-refractivity contribution < 1.29 is 0 Å². The molecule has 0 aliphatic rings. The minimum Gasteiger partial charge on any atom is -0.398 e. The number of benzene rings is 1. The van der Waals surface area contributed by atoms with Crippen molar-refractivity contribution in [1.82, 2.24) is 9.78 Å². The van der Waals surface area contributed by atoms with Crippen molar-refractivity contribution in [1.29, 1.82) is 0 Å². The van der Waals surface area contributed by atoms with Crippen LogP contribution >= 0.6 is 11.8 Å². The third kappa shape index (κ3) is 2.33. The van der Waals surface area contributed by atoms with E-state index >= 15 is 0 Å². The van der Waals surface area contributed by atoms with Crippen molar-refractivity contribution in [2.24, 2.45) is 0 Å². The smallest absolute Gasteiger partial charge is 0.0909 e. The fraction of sp³-hybridized carbons (Fsp3) is 0.182. The summed E-state index contributed by atoms with van der Waals surface area (Å²) in [5.41, 5.74) is 7.83. The lowest BCUT2D eigenvalue weighted by molar-refractivity contribution is 0.750. The Labute approximate surface area is 93.3 Å². The van der Waals surface area contributed by atoms with E-state index in [1.807, 2.05) is 36.0 Å². The van der Waals surface area contributed by atoms with Gasteiger partial charge in [0, 0.05) is 23.0 Å². The topological polar surface area (TPSA) is 43.8 Å². The summed E-state index contributed by atoms with van der Waals surface area (Å²) in [6.07, 6.45) is 3.74. The lowest BCUT2D eigenvalue weighted by atomic mass is 10.2. The number of thioether (sulfide) groups is 1. The Hall–Kier alpha value is -1.42. The molecule has 0 atom stereocenters. The molecule has 0 bridgehead atoms. The number of nitrogen functional groups attached to an aromatic ring is 1. The fourth-order valence-electron chi connectivity index (χ4n) is 1.30. The molecule has 0 unspecified atom stereocenters. The van der Waals surface area contributed by atoms with Crippen LogP contribution in [0.3, 0.4) is 0 Å². The average molecular weight is 219 g/mol. The van der Waals surface area contributed by atoms with E-state index in [0.717, 1.165) is 17.1 Å². The first-order valence-electron chi connectivity index (χ1n) is 4.72. The number of hydrogen-bond donors (Lipinski definition) is 1. The summed E-state index contributed by atoms with van der Waals surface area (Å²) in [5.74, 6) is 0.817. The van der Waals surface area contributed by atoms with E-state index in [1.165, 1.54) is 4.90 Å². The molecule has 0 amide bonds. The number of rotatable bonds is 3. The lowest BCUT2D eigenvalue weighted by Gasteiger charge is -2.07. The van der Waals surface area contributed by atoms with Crippen molar-refractivity contribution in [3.63, 3.8) is 0 Å². The molecule has 1 aromatic heterocycles. The Morgan fingerprint density at radius 2 is 2.27 bits per heavy atom.